The Kier molecular flexibility index (Phi) is 3.19. The lowest BCUT2D eigenvalue weighted by Gasteiger charge is -2.40. The second-order valence-electron chi connectivity index (χ2n) is 5.85. The van der Waals surface area contributed by atoms with E-state index in [9.17, 15) is 4.39 Å². The van der Waals surface area contributed by atoms with Gasteiger partial charge in [-0.05, 0) is 18.6 Å². The molecular formula is C16H19FN2O2. The Bertz CT molecular complexity index is 657. The molecule has 0 atom stereocenters. The highest BCUT2D eigenvalue weighted by Gasteiger charge is 2.40. The fraction of sp³-hybridized carbons (Fsp3) is 0.562. The van der Waals surface area contributed by atoms with E-state index in [4.69, 9.17) is 9.47 Å². The number of rotatable bonds is 1. The first-order chi connectivity index (χ1) is 10.3. The summed E-state index contributed by atoms with van der Waals surface area (Å²) in [5.74, 6) is -0.409. The fourth-order valence-electron chi connectivity index (χ4n) is 3.55. The lowest BCUT2D eigenvalue weighted by atomic mass is 10.00. The molecule has 2 aliphatic heterocycles. The molecule has 21 heavy (non-hydrogen) atoms. The minimum absolute atomic E-state index is 0.0437. The van der Waals surface area contributed by atoms with Crippen molar-refractivity contribution in [2.24, 2.45) is 0 Å². The van der Waals surface area contributed by atoms with E-state index in [2.05, 4.69) is 9.88 Å². The molecule has 0 N–H and O–H groups in total. The molecule has 3 aliphatic rings. The Morgan fingerprint density at radius 2 is 1.90 bits per heavy atom. The molecule has 1 aromatic heterocycles. The molecule has 1 spiro atoms. The number of likely N-dealkylation sites (tertiary alicyclic amines) is 1. The van der Waals surface area contributed by atoms with Crippen molar-refractivity contribution in [2.75, 3.05) is 26.3 Å². The van der Waals surface area contributed by atoms with Crippen molar-refractivity contribution in [3.8, 4) is 0 Å². The van der Waals surface area contributed by atoms with Crippen LogP contribution in [-0.2, 0) is 9.47 Å². The third kappa shape index (κ3) is 2.24. The molecule has 112 valence electrons. The van der Waals surface area contributed by atoms with Crippen molar-refractivity contribution in [3.63, 3.8) is 0 Å². The number of fused-ring (bicyclic) bond motifs is 1. The molecule has 3 heterocycles. The van der Waals surface area contributed by atoms with Gasteiger partial charge in [-0.2, -0.15) is 0 Å². The summed E-state index contributed by atoms with van der Waals surface area (Å²) in [5, 5.41) is 1.47. The minimum atomic E-state index is -0.365. The topological polar surface area (TPSA) is 34.6 Å². The number of hydrogen-bond donors (Lipinski definition) is 0. The van der Waals surface area contributed by atoms with Crippen LogP contribution in [0.3, 0.4) is 0 Å². The first kappa shape index (κ1) is 13.2. The zero-order valence-electron chi connectivity index (χ0n) is 12.0. The van der Waals surface area contributed by atoms with Crippen LogP contribution in [0, 0.1) is 0 Å². The first-order valence-corrected chi connectivity index (χ1v) is 7.63. The molecule has 4 rings (SSSR count). The standard InChI is InChI=1S/C16H19FN2O2/c17-13-3-4-14(15-12(13)2-1-7-18-15)19-8-5-16(6-9-19)20-10-11-21-16/h1-2,7H,3-6,8-11H2. The predicted octanol–water partition coefficient (Wildman–Crippen LogP) is 0.900. The quantitative estimate of drug-likeness (QED) is 0.770. The summed E-state index contributed by atoms with van der Waals surface area (Å²) in [5.41, 5.74) is 1.17. The summed E-state index contributed by atoms with van der Waals surface area (Å²) in [6.45, 7) is 3.15. The van der Waals surface area contributed by atoms with Gasteiger partial charge in [0.15, 0.2) is 5.79 Å². The highest BCUT2D eigenvalue weighted by atomic mass is 19.1. The number of pyridine rings is 1. The van der Waals surface area contributed by atoms with E-state index < -0.39 is 0 Å². The van der Waals surface area contributed by atoms with Gasteiger partial charge in [0.2, 0.25) is 0 Å². The summed E-state index contributed by atoms with van der Waals surface area (Å²) in [4.78, 5) is 6.74. The normalized spacial score (nSPS) is 24.5. The molecule has 2 saturated heterocycles. The van der Waals surface area contributed by atoms with Gasteiger partial charge in [0, 0.05) is 49.5 Å². The van der Waals surface area contributed by atoms with E-state index >= 15 is 0 Å². The number of ether oxygens (including phenoxy) is 2. The van der Waals surface area contributed by atoms with Crippen LogP contribution in [-0.4, -0.2) is 42.0 Å². The summed E-state index contributed by atoms with van der Waals surface area (Å²) in [6, 6.07) is 3.62. The van der Waals surface area contributed by atoms with Gasteiger partial charge in [0.1, 0.15) is 5.83 Å². The van der Waals surface area contributed by atoms with Crippen molar-refractivity contribution in [1.82, 2.24) is 9.88 Å². The van der Waals surface area contributed by atoms with Crippen LogP contribution in [0.25, 0.3) is 11.5 Å². The van der Waals surface area contributed by atoms with Crippen LogP contribution in [0.1, 0.15) is 25.7 Å². The molecular weight excluding hydrogens is 271 g/mol. The highest BCUT2D eigenvalue weighted by molar-refractivity contribution is 5.51. The maximum atomic E-state index is 14.0. The van der Waals surface area contributed by atoms with E-state index in [0.717, 1.165) is 37.7 Å². The fourth-order valence-corrected chi connectivity index (χ4v) is 3.55. The molecule has 1 aromatic rings. The summed E-state index contributed by atoms with van der Waals surface area (Å²) >= 11 is 0. The van der Waals surface area contributed by atoms with Gasteiger partial charge in [-0.25, -0.2) is 4.39 Å². The smallest absolute Gasteiger partial charge is 0.171 e. The van der Waals surface area contributed by atoms with E-state index in [-0.39, 0.29) is 11.6 Å². The Labute approximate surface area is 122 Å². The number of hydrogen-bond acceptors (Lipinski definition) is 4. The van der Waals surface area contributed by atoms with Crippen molar-refractivity contribution in [3.05, 3.63) is 28.9 Å². The van der Waals surface area contributed by atoms with Crippen molar-refractivity contribution in [1.29, 1.82) is 0 Å². The Morgan fingerprint density at radius 1 is 1.14 bits per heavy atom. The number of nitrogens with zero attached hydrogens (tertiary/aromatic N) is 2. The van der Waals surface area contributed by atoms with Crippen molar-refractivity contribution >= 4 is 11.5 Å². The molecule has 0 aromatic carbocycles. The summed E-state index contributed by atoms with van der Waals surface area (Å²) in [6.07, 6.45) is 4.68. The van der Waals surface area contributed by atoms with E-state index in [0.29, 0.717) is 24.9 Å². The van der Waals surface area contributed by atoms with Crippen LogP contribution in [0.4, 0.5) is 4.39 Å². The van der Waals surface area contributed by atoms with Crippen LogP contribution in [0.2, 0.25) is 0 Å². The Morgan fingerprint density at radius 3 is 2.67 bits per heavy atom. The van der Waals surface area contributed by atoms with Gasteiger partial charge < -0.3 is 14.4 Å². The second kappa shape index (κ2) is 5.07. The Balaban J connectivity index is 1.66. The number of aromatic nitrogens is 1. The van der Waals surface area contributed by atoms with Gasteiger partial charge in [-0.15, -0.1) is 0 Å². The van der Waals surface area contributed by atoms with Gasteiger partial charge in [-0.1, -0.05) is 0 Å². The molecule has 5 heteroatoms. The number of piperidine rings is 1. The van der Waals surface area contributed by atoms with E-state index in [1.165, 1.54) is 5.70 Å². The van der Waals surface area contributed by atoms with Crippen LogP contribution in [0.15, 0.2) is 18.3 Å². The molecule has 2 fully saturated rings. The third-order valence-electron chi connectivity index (χ3n) is 4.68. The zero-order valence-corrected chi connectivity index (χ0v) is 12.0. The summed E-state index contributed by atoms with van der Waals surface area (Å²) in [7, 11) is 0. The minimum Gasteiger partial charge on any atom is -0.373 e. The maximum Gasteiger partial charge on any atom is 0.171 e. The lowest BCUT2D eigenvalue weighted by Crippen LogP contribution is -2.47. The van der Waals surface area contributed by atoms with Gasteiger partial charge >= 0.3 is 0 Å². The monoisotopic (exact) mass is 290 g/mol. The number of halogens is 1. The second-order valence-corrected chi connectivity index (χ2v) is 5.85. The largest absolute Gasteiger partial charge is 0.373 e. The molecule has 4 nitrogen and oxygen atoms in total. The predicted molar refractivity (Wildman–Crippen MR) is 76.1 cm³/mol. The van der Waals surface area contributed by atoms with Crippen LogP contribution < -0.4 is 10.6 Å². The van der Waals surface area contributed by atoms with Crippen molar-refractivity contribution < 1.29 is 13.9 Å². The highest BCUT2D eigenvalue weighted by Crippen LogP contribution is 2.33. The third-order valence-corrected chi connectivity index (χ3v) is 4.68. The zero-order chi connectivity index (χ0) is 14.3. The van der Waals surface area contributed by atoms with Gasteiger partial charge in [0.25, 0.3) is 0 Å². The SMILES string of the molecule is FC1=c2cccnc2=C(N2CCC3(CC2)OCCO3)CC1. The summed E-state index contributed by atoms with van der Waals surface area (Å²) < 4.78 is 25.5. The molecule has 0 amide bonds. The van der Waals surface area contributed by atoms with E-state index in [1.807, 2.05) is 6.07 Å². The average Bonchev–Trinajstić information content (AvgIpc) is 2.98. The van der Waals surface area contributed by atoms with Gasteiger partial charge in [-0.3, -0.25) is 4.98 Å². The van der Waals surface area contributed by atoms with Crippen molar-refractivity contribution in [2.45, 2.75) is 31.5 Å². The van der Waals surface area contributed by atoms with Gasteiger partial charge in [0.05, 0.1) is 18.6 Å². The average molecular weight is 290 g/mol. The molecule has 1 aliphatic carbocycles. The first-order valence-electron chi connectivity index (χ1n) is 7.63. The molecule has 0 saturated carbocycles. The van der Waals surface area contributed by atoms with E-state index in [1.54, 1.807) is 12.3 Å². The van der Waals surface area contributed by atoms with Crippen LogP contribution >= 0.6 is 0 Å². The molecule has 0 radical (unpaired) electrons. The molecule has 0 bridgehead atoms. The maximum absolute atomic E-state index is 14.0. The van der Waals surface area contributed by atoms with Crippen LogP contribution in [0.5, 0.6) is 0 Å². The Hall–Kier alpha value is -1.46. The lowest BCUT2D eigenvalue weighted by molar-refractivity contribution is -0.181. The molecule has 0 unspecified atom stereocenters.